The highest BCUT2D eigenvalue weighted by Gasteiger charge is 1.87. The number of carboxylic acid groups (broad SMARTS) is 1. The monoisotopic (exact) mass is 153 g/mol. The van der Waals surface area contributed by atoms with E-state index in [1.807, 2.05) is 5.43 Å². The molecule has 11 heavy (non-hydrogen) atoms. The van der Waals surface area contributed by atoms with E-state index in [0.717, 1.165) is 5.69 Å². The number of carbonyl (C=O) groups is 1. The van der Waals surface area contributed by atoms with Crippen LogP contribution in [0, 0.1) is 0 Å². The molecule has 0 bridgehead atoms. The maximum atomic E-state index is 9.89. The van der Waals surface area contributed by atoms with Crippen LogP contribution in [0.1, 0.15) is 5.69 Å². The normalized spacial score (nSPS) is 10.2. The zero-order valence-corrected chi connectivity index (χ0v) is 5.61. The number of aromatic amines is 1. The Labute approximate surface area is 62.7 Å². The van der Waals surface area contributed by atoms with Gasteiger partial charge in [0.05, 0.1) is 11.9 Å². The number of H-pyrrole nitrogens is 1. The summed E-state index contributed by atoms with van der Waals surface area (Å²) in [6.45, 7) is 0. The zero-order chi connectivity index (χ0) is 8.10. The fourth-order valence-corrected chi connectivity index (χ4v) is 0.582. The minimum absolute atomic E-state index is 0.749. The molecule has 0 aromatic carbocycles. The van der Waals surface area contributed by atoms with Crippen molar-refractivity contribution < 1.29 is 9.90 Å². The third-order valence-corrected chi connectivity index (χ3v) is 0.986. The van der Waals surface area contributed by atoms with Crippen LogP contribution in [0.15, 0.2) is 23.4 Å². The molecule has 1 aromatic heterocycles. The molecule has 1 heterocycles. The molecule has 0 aliphatic carbocycles. The van der Waals surface area contributed by atoms with Crippen LogP contribution in [0.3, 0.4) is 0 Å². The van der Waals surface area contributed by atoms with Crippen molar-refractivity contribution in [2.24, 2.45) is 5.10 Å². The number of nitrogens with one attached hydrogen (secondary N) is 2. The molecule has 0 atom stereocenters. The van der Waals surface area contributed by atoms with Crippen molar-refractivity contribution in [3.63, 3.8) is 0 Å². The SMILES string of the molecule is O=C(O)NN=Cc1ccc[nH]1. The highest BCUT2D eigenvalue weighted by molar-refractivity contribution is 5.78. The summed E-state index contributed by atoms with van der Waals surface area (Å²) in [7, 11) is 0. The van der Waals surface area contributed by atoms with Crippen molar-refractivity contribution in [1.82, 2.24) is 10.4 Å². The lowest BCUT2D eigenvalue weighted by molar-refractivity contribution is 0.195. The number of aromatic nitrogens is 1. The lowest BCUT2D eigenvalue weighted by atomic mass is 10.5. The van der Waals surface area contributed by atoms with Crippen molar-refractivity contribution >= 4 is 12.3 Å². The van der Waals surface area contributed by atoms with Crippen molar-refractivity contribution in [2.45, 2.75) is 0 Å². The summed E-state index contributed by atoms with van der Waals surface area (Å²) in [5.41, 5.74) is 2.60. The molecule has 3 N–H and O–H groups in total. The van der Waals surface area contributed by atoms with E-state index in [1.165, 1.54) is 6.21 Å². The summed E-state index contributed by atoms with van der Waals surface area (Å²) in [5.74, 6) is 0. The van der Waals surface area contributed by atoms with Crippen LogP contribution in [-0.4, -0.2) is 22.4 Å². The number of hydrazone groups is 1. The first kappa shape index (κ1) is 7.33. The molecule has 5 heteroatoms. The summed E-state index contributed by atoms with van der Waals surface area (Å²) >= 11 is 0. The summed E-state index contributed by atoms with van der Waals surface area (Å²) in [5, 5.41) is 11.5. The van der Waals surface area contributed by atoms with Gasteiger partial charge in [-0.1, -0.05) is 0 Å². The second-order valence-corrected chi connectivity index (χ2v) is 1.80. The molecular weight excluding hydrogens is 146 g/mol. The van der Waals surface area contributed by atoms with Gasteiger partial charge in [0.15, 0.2) is 0 Å². The van der Waals surface area contributed by atoms with Crippen LogP contribution < -0.4 is 5.43 Å². The second kappa shape index (κ2) is 3.40. The van der Waals surface area contributed by atoms with Crippen molar-refractivity contribution in [3.05, 3.63) is 24.0 Å². The van der Waals surface area contributed by atoms with Gasteiger partial charge < -0.3 is 10.1 Å². The molecule has 0 fully saturated rings. The van der Waals surface area contributed by atoms with Crippen LogP contribution in [0.4, 0.5) is 4.79 Å². The topological polar surface area (TPSA) is 77.5 Å². The summed E-state index contributed by atoms with van der Waals surface area (Å²) in [6, 6.07) is 3.56. The van der Waals surface area contributed by atoms with Crippen LogP contribution in [0.2, 0.25) is 0 Å². The van der Waals surface area contributed by atoms with Crippen LogP contribution in [0.5, 0.6) is 0 Å². The lowest BCUT2D eigenvalue weighted by Gasteiger charge is -1.87. The Kier molecular flexibility index (Phi) is 2.27. The molecule has 58 valence electrons. The molecule has 0 aliphatic rings. The Balaban J connectivity index is 2.43. The summed E-state index contributed by atoms with van der Waals surface area (Å²) < 4.78 is 0. The van der Waals surface area contributed by atoms with Crippen molar-refractivity contribution in [3.8, 4) is 0 Å². The van der Waals surface area contributed by atoms with Crippen LogP contribution >= 0.6 is 0 Å². The van der Waals surface area contributed by atoms with Gasteiger partial charge in [0.1, 0.15) is 0 Å². The number of hydrogen-bond acceptors (Lipinski definition) is 2. The van der Waals surface area contributed by atoms with Gasteiger partial charge in [-0.25, -0.2) is 10.2 Å². The fraction of sp³-hybridized carbons (Fsp3) is 0. The molecule has 0 saturated heterocycles. The highest BCUT2D eigenvalue weighted by Crippen LogP contribution is 1.87. The first-order valence-corrected chi connectivity index (χ1v) is 2.94. The average molecular weight is 153 g/mol. The maximum absolute atomic E-state index is 9.89. The van der Waals surface area contributed by atoms with E-state index in [0.29, 0.717) is 0 Å². The third-order valence-electron chi connectivity index (χ3n) is 0.986. The Hall–Kier alpha value is -1.78. The predicted octanol–water partition coefficient (Wildman–Crippen LogP) is 0.616. The van der Waals surface area contributed by atoms with Gasteiger partial charge in [-0.15, -0.1) is 0 Å². The largest absolute Gasteiger partial charge is 0.464 e. The lowest BCUT2D eigenvalue weighted by Crippen LogP contribution is -2.13. The van der Waals surface area contributed by atoms with Gasteiger partial charge in [-0.3, -0.25) is 0 Å². The van der Waals surface area contributed by atoms with Crippen molar-refractivity contribution in [2.75, 3.05) is 0 Å². The van der Waals surface area contributed by atoms with E-state index in [9.17, 15) is 4.79 Å². The van der Waals surface area contributed by atoms with Gasteiger partial charge >= 0.3 is 6.09 Å². The standard InChI is InChI=1S/C6H7N3O2/c10-6(11)9-8-4-5-2-1-3-7-5/h1-4,7,9H,(H,10,11). The third kappa shape index (κ3) is 2.53. The molecule has 0 unspecified atom stereocenters. The van der Waals surface area contributed by atoms with E-state index in [-0.39, 0.29) is 0 Å². The van der Waals surface area contributed by atoms with E-state index in [1.54, 1.807) is 18.3 Å². The first-order valence-electron chi connectivity index (χ1n) is 2.94. The van der Waals surface area contributed by atoms with Gasteiger partial charge in [0.25, 0.3) is 0 Å². The van der Waals surface area contributed by atoms with Gasteiger partial charge in [0.2, 0.25) is 0 Å². The molecular formula is C6H7N3O2. The van der Waals surface area contributed by atoms with E-state index in [2.05, 4.69) is 10.1 Å². The highest BCUT2D eigenvalue weighted by atomic mass is 16.4. The number of amides is 1. The molecule has 5 nitrogen and oxygen atoms in total. The minimum atomic E-state index is -1.17. The Morgan fingerprint density at radius 1 is 1.82 bits per heavy atom. The number of rotatable bonds is 2. The van der Waals surface area contributed by atoms with Gasteiger partial charge in [-0.05, 0) is 12.1 Å². The fourth-order valence-electron chi connectivity index (χ4n) is 0.582. The molecule has 0 aliphatic heterocycles. The average Bonchev–Trinajstić information content (AvgIpc) is 2.39. The molecule has 1 aromatic rings. The quantitative estimate of drug-likeness (QED) is 0.430. The second-order valence-electron chi connectivity index (χ2n) is 1.80. The van der Waals surface area contributed by atoms with Gasteiger partial charge in [-0.2, -0.15) is 5.10 Å². The molecule has 1 amide bonds. The van der Waals surface area contributed by atoms with E-state index >= 15 is 0 Å². The Bertz CT molecular complexity index is 253. The molecule has 0 spiro atoms. The van der Waals surface area contributed by atoms with E-state index in [4.69, 9.17) is 5.11 Å². The van der Waals surface area contributed by atoms with Gasteiger partial charge in [0, 0.05) is 6.20 Å². The number of nitrogens with zero attached hydrogens (tertiary/aromatic N) is 1. The summed E-state index contributed by atoms with van der Waals surface area (Å²) in [6.07, 6.45) is 1.93. The van der Waals surface area contributed by atoms with Crippen molar-refractivity contribution in [1.29, 1.82) is 0 Å². The molecule has 1 rings (SSSR count). The Morgan fingerprint density at radius 2 is 2.64 bits per heavy atom. The predicted molar refractivity (Wildman–Crippen MR) is 39.5 cm³/mol. The zero-order valence-electron chi connectivity index (χ0n) is 5.61. The molecule has 0 radical (unpaired) electrons. The van der Waals surface area contributed by atoms with Crippen LogP contribution in [-0.2, 0) is 0 Å². The molecule has 0 saturated carbocycles. The summed E-state index contributed by atoms with van der Waals surface area (Å²) in [4.78, 5) is 12.7. The van der Waals surface area contributed by atoms with E-state index < -0.39 is 6.09 Å². The minimum Gasteiger partial charge on any atom is -0.464 e. The number of hydrogen-bond donors (Lipinski definition) is 3. The Morgan fingerprint density at radius 3 is 3.18 bits per heavy atom. The maximum Gasteiger partial charge on any atom is 0.425 e. The van der Waals surface area contributed by atoms with Crippen LogP contribution in [0.25, 0.3) is 0 Å². The smallest absolute Gasteiger partial charge is 0.425 e. The first-order chi connectivity index (χ1) is 5.29.